The number of ether oxygens (including phenoxy) is 1. The van der Waals surface area contributed by atoms with Crippen LogP contribution in [0.2, 0.25) is 0 Å². The fraction of sp³-hybridized carbons (Fsp3) is 1.00. The Balaban J connectivity index is 2.11. The van der Waals surface area contributed by atoms with Crippen LogP contribution in [0.3, 0.4) is 0 Å². The molecule has 1 saturated heterocycles. The number of aliphatic hydroxyl groups excluding tert-OH is 1. The van der Waals surface area contributed by atoms with Crippen molar-refractivity contribution in [1.29, 1.82) is 0 Å². The van der Waals surface area contributed by atoms with E-state index in [1.54, 1.807) is 0 Å². The van der Waals surface area contributed by atoms with Crippen LogP contribution in [-0.2, 0) is 4.74 Å². The van der Waals surface area contributed by atoms with Gasteiger partial charge in [0.1, 0.15) is 0 Å². The predicted octanol–water partition coefficient (Wildman–Crippen LogP) is 1.82. The first-order valence-electron chi connectivity index (χ1n) is 4.94. The van der Waals surface area contributed by atoms with E-state index in [1.165, 1.54) is 0 Å². The fourth-order valence-corrected chi connectivity index (χ4v) is 1.79. The Morgan fingerprint density at radius 1 is 1.50 bits per heavy atom. The van der Waals surface area contributed by atoms with Gasteiger partial charge < -0.3 is 9.84 Å². The van der Waals surface area contributed by atoms with Crippen molar-refractivity contribution in [3.05, 3.63) is 0 Å². The smallest absolute Gasteiger partial charge is 0.0546 e. The first-order valence-corrected chi connectivity index (χ1v) is 4.94. The third-order valence-electron chi connectivity index (χ3n) is 2.37. The zero-order chi connectivity index (χ0) is 8.97. The molecule has 72 valence electrons. The van der Waals surface area contributed by atoms with Crippen molar-refractivity contribution >= 4 is 0 Å². The standard InChI is InChI=1S/C10H20O2/c1-8(2)5-10(11)6-9-3-4-12-7-9/h8-11H,3-7H2,1-2H3. The summed E-state index contributed by atoms with van der Waals surface area (Å²) in [6, 6.07) is 0. The third kappa shape index (κ3) is 3.55. The number of aliphatic hydroxyl groups is 1. The van der Waals surface area contributed by atoms with E-state index in [0.717, 1.165) is 32.5 Å². The summed E-state index contributed by atoms with van der Waals surface area (Å²) < 4.78 is 5.25. The van der Waals surface area contributed by atoms with E-state index in [2.05, 4.69) is 13.8 Å². The Morgan fingerprint density at radius 2 is 2.25 bits per heavy atom. The lowest BCUT2D eigenvalue weighted by atomic mass is 9.95. The molecule has 0 aromatic carbocycles. The molecule has 1 aliphatic rings. The quantitative estimate of drug-likeness (QED) is 0.701. The maximum absolute atomic E-state index is 9.62. The summed E-state index contributed by atoms with van der Waals surface area (Å²) in [5.74, 6) is 1.21. The molecule has 0 aromatic heterocycles. The van der Waals surface area contributed by atoms with Crippen LogP contribution in [0.4, 0.5) is 0 Å². The second-order valence-corrected chi connectivity index (χ2v) is 4.25. The van der Waals surface area contributed by atoms with Crippen molar-refractivity contribution in [2.45, 2.75) is 39.2 Å². The lowest BCUT2D eigenvalue weighted by Gasteiger charge is -2.15. The lowest BCUT2D eigenvalue weighted by molar-refractivity contribution is 0.111. The molecule has 2 nitrogen and oxygen atoms in total. The van der Waals surface area contributed by atoms with Crippen molar-refractivity contribution in [1.82, 2.24) is 0 Å². The van der Waals surface area contributed by atoms with E-state index in [-0.39, 0.29) is 6.10 Å². The van der Waals surface area contributed by atoms with E-state index in [4.69, 9.17) is 4.74 Å². The molecule has 0 saturated carbocycles. The molecular weight excluding hydrogens is 152 g/mol. The minimum absolute atomic E-state index is 0.114. The minimum atomic E-state index is -0.114. The zero-order valence-electron chi connectivity index (χ0n) is 8.12. The summed E-state index contributed by atoms with van der Waals surface area (Å²) in [7, 11) is 0. The molecule has 0 spiro atoms. The number of hydrogen-bond acceptors (Lipinski definition) is 2. The van der Waals surface area contributed by atoms with Crippen LogP contribution in [0.1, 0.15) is 33.1 Å². The van der Waals surface area contributed by atoms with E-state index in [1.807, 2.05) is 0 Å². The summed E-state index contributed by atoms with van der Waals surface area (Å²) in [6.07, 6.45) is 2.88. The molecule has 0 aliphatic carbocycles. The van der Waals surface area contributed by atoms with Crippen LogP contribution in [0.25, 0.3) is 0 Å². The highest BCUT2D eigenvalue weighted by Gasteiger charge is 2.19. The van der Waals surface area contributed by atoms with Gasteiger partial charge >= 0.3 is 0 Å². The Morgan fingerprint density at radius 3 is 2.75 bits per heavy atom. The average Bonchev–Trinajstić information content (AvgIpc) is 2.37. The number of rotatable bonds is 4. The second-order valence-electron chi connectivity index (χ2n) is 4.25. The van der Waals surface area contributed by atoms with Gasteiger partial charge in [0, 0.05) is 13.2 Å². The van der Waals surface area contributed by atoms with E-state index in [0.29, 0.717) is 11.8 Å². The van der Waals surface area contributed by atoms with Crippen molar-refractivity contribution in [3.8, 4) is 0 Å². The largest absolute Gasteiger partial charge is 0.393 e. The van der Waals surface area contributed by atoms with Gasteiger partial charge in [-0.05, 0) is 31.1 Å². The Bertz CT molecular complexity index is 117. The molecular formula is C10H20O2. The highest BCUT2D eigenvalue weighted by atomic mass is 16.5. The summed E-state index contributed by atoms with van der Waals surface area (Å²) in [5.41, 5.74) is 0. The molecule has 12 heavy (non-hydrogen) atoms. The van der Waals surface area contributed by atoms with Crippen molar-refractivity contribution in [2.24, 2.45) is 11.8 Å². The van der Waals surface area contributed by atoms with Crippen molar-refractivity contribution in [2.75, 3.05) is 13.2 Å². The zero-order valence-corrected chi connectivity index (χ0v) is 8.12. The average molecular weight is 172 g/mol. The summed E-state index contributed by atoms with van der Waals surface area (Å²) in [4.78, 5) is 0. The van der Waals surface area contributed by atoms with E-state index >= 15 is 0 Å². The Kier molecular flexibility index (Phi) is 4.02. The summed E-state index contributed by atoms with van der Waals surface area (Å²) in [6.45, 7) is 6.04. The van der Waals surface area contributed by atoms with Crippen LogP contribution < -0.4 is 0 Å². The molecule has 2 heteroatoms. The van der Waals surface area contributed by atoms with Crippen molar-refractivity contribution < 1.29 is 9.84 Å². The number of hydrogen-bond donors (Lipinski definition) is 1. The molecule has 1 heterocycles. The molecule has 2 atom stereocenters. The van der Waals surface area contributed by atoms with E-state index in [9.17, 15) is 5.11 Å². The maximum atomic E-state index is 9.62. The van der Waals surface area contributed by atoms with Gasteiger partial charge in [0.25, 0.3) is 0 Å². The van der Waals surface area contributed by atoms with Crippen LogP contribution in [0, 0.1) is 11.8 Å². The van der Waals surface area contributed by atoms with Crippen LogP contribution in [-0.4, -0.2) is 24.4 Å². The first-order chi connectivity index (χ1) is 5.68. The predicted molar refractivity (Wildman–Crippen MR) is 49.0 cm³/mol. The highest BCUT2D eigenvalue weighted by molar-refractivity contribution is 4.69. The third-order valence-corrected chi connectivity index (χ3v) is 2.37. The first kappa shape index (κ1) is 10.0. The molecule has 1 aliphatic heterocycles. The van der Waals surface area contributed by atoms with Gasteiger partial charge in [0.2, 0.25) is 0 Å². The Hall–Kier alpha value is -0.0800. The molecule has 0 aromatic rings. The summed E-state index contributed by atoms with van der Waals surface area (Å²) in [5, 5.41) is 9.62. The van der Waals surface area contributed by atoms with Gasteiger partial charge in [-0.1, -0.05) is 13.8 Å². The summed E-state index contributed by atoms with van der Waals surface area (Å²) >= 11 is 0. The topological polar surface area (TPSA) is 29.5 Å². The molecule has 0 amide bonds. The van der Waals surface area contributed by atoms with E-state index < -0.39 is 0 Å². The highest BCUT2D eigenvalue weighted by Crippen LogP contribution is 2.20. The second kappa shape index (κ2) is 4.83. The maximum Gasteiger partial charge on any atom is 0.0546 e. The lowest BCUT2D eigenvalue weighted by Crippen LogP contribution is -2.15. The van der Waals surface area contributed by atoms with Crippen molar-refractivity contribution in [3.63, 3.8) is 0 Å². The fourth-order valence-electron chi connectivity index (χ4n) is 1.79. The van der Waals surface area contributed by atoms with Gasteiger partial charge in [0.15, 0.2) is 0 Å². The normalized spacial score (nSPS) is 26.5. The molecule has 2 unspecified atom stereocenters. The van der Waals surface area contributed by atoms with Crippen LogP contribution in [0.5, 0.6) is 0 Å². The molecule has 1 fully saturated rings. The van der Waals surface area contributed by atoms with Gasteiger partial charge in [-0.3, -0.25) is 0 Å². The van der Waals surface area contributed by atoms with Crippen LogP contribution in [0.15, 0.2) is 0 Å². The van der Waals surface area contributed by atoms with Crippen LogP contribution >= 0.6 is 0 Å². The molecule has 0 radical (unpaired) electrons. The van der Waals surface area contributed by atoms with Gasteiger partial charge in [-0.2, -0.15) is 0 Å². The molecule has 1 rings (SSSR count). The van der Waals surface area contributed by atoms with Gasteiger partial charge in [0.05, 0.1) is 6.10 Å². The Labute approximate surface area is 74.9 Å². The molecule has 1 N–H and O–H groups in total. The van der Waals surface area contributed by atoms with Gasteiger partial charge in [-0.15, -0.1) is 0 Å². The molecule has 0 bridgehead atoms. The monoisotopic (exact) mass is 172 g/mol. The minimum Gasteiger partial charge on any atom is -0.393 e. The van der Waals surface area contributed by atoms with Gasteiger partial charge in [-0.25, -0.2) is 0 Å². The SMILES string of the molecule is CC(C)CC(O)CC1CCOC1.